The lowest BCUT2D eigenvalue weighted by Gasteiger charge is -2.24. The number of fused-ring (bicyclic) bond motifs is 2. The van der Waals surface area contributed by atoms with E-state index in [1.165, 1.54) is 29.9 Å². The highest BCUT2D eigenvalue weighted by atomic mass is 79.9. The van der Waals surface area contributed by atoms with Gasteiger partial charge >= 0.3 is 5.97 Å². The number of methoxy groups -OCH3 is 1. The molecule has 2 aromatic heterocycles. The third-order valence-electron chi connectivity index (χ3n) is 4.79. The summed E-state index contributed by atoms with van der Waals surface area (Å²) in [7, 11) is 1.47. The highest BCUT2D eigenvalue weighted by Gasteiger charge is 2.27. The van der Waals surface area contributed by atoms with Gasteiger partial charge in [-0.05, 0) is 51.8 Å². The maximum absolute atomic E-state index is 12.9. The van der Waals surface area contributed by atoms with Crippen LogP contribution in [0.25, 0.3) is 11.0 Å². The number of benzene rings is 2. The van der Waals surface area contributed by atoms with Crippen molar-refractivity contribution in [3.8, 4) is 23.0 Å². The highest BCUT2D eigenvalue weighted by Crippen LogP contribution is 2.37. The van der Waals surface area contributed by atoms with Crippen molar-refractivity contribution in [2.75, 3.05) is 13.7 Å². The second-order valence-corrected chi connectivity index (χ2v) is 8.94. The predicted octanol–water partition coefficient (Wildman–Crippen LogP) is 2.91. The van der Waals surface area contributed by atoms with E-state index in [1.807, 2.05) is 24.3 Å². The smallest absolute Gasteiger partial charge is 0.308 e. The minimum Gasteiger partial charge on any atom is -0.493 e. The van der Waals surface area contributed by atoms with Gasteiger partial charge in [0.2, 0.25) is 4.96 Å². The first-order valence-electron chi connectivity index (χ1n) is 9.78. The molecule has 9 nitrogen and oxygen atoms in total. The van der Waals surface area contributed by atoms with E-state index in [-0.39, 0.29) is 17.9 Å². The number of aromatic nitrogens is 3. The summed E-state index contributed by atoms with van der Waals surface area (Å²) >= 11 is 4.59. The van der Waals surface area contributed by atoms with Gasteiger partial charge in [0, 0.05) is 6.92 Å². The van der Waals surface area contributed by atoms with Crippen molar-refractivity contribution in [3.63, 3.8) is 0 Å². The lowest BCUT2D eigenvalue weighted by atomic mass is 10.2. The number of hydrogen-bond acceptors (Lipinski definition) is 9. The van der Waals surface area contributed by atoms with E-state index >= 15 is 0 Å². The van der Waals surface area contributed by atoms with Crippen LogP contribution in [0.5, 0.6) is 23.0 Å². The van der Waals surface area contributed by atoms with Crippen LogP contribution in [0.1, 0.15) is 24.4 Å². The number of halogens is 1. The number of carbonyl (C=O) groups is 1. The molecule has 11 heteroatoms. The van der Waals surface area contributed by atoms with Crippen LogP contribution in [0, 0.1) is 0 Å². The van der Waals surface area contributed by atoms with Crippen LogP contribution < -0.4 is 29.0 Å². The topological polar surface area (TPSA) is 101 Å². The first-order chi connectivity index (χ1) is 15.9. The molecule has 1 unspecified atom stereocenters. The quantitative estimate of drug-likeness (QED) is 0.293. The van der Waals surface area contributed by atoms with Crippen molar-refractivity contribution < 1.29 is 23.7 Å². The lowest BCUT2D eigenvalue weighted by molar-refractivity contribution is -0.132. The number of esters is 1. The van der Waals surface area contributed by atoms with Gasteiger partial charge in [0.15, 0.2) is 34.9 Å². The molecule has 0 aliphatic carbocycles. The molecule has 1 aliphatic heterocycles. The molecule has 33 heavy (non-hydrogen) atoms. The molecule has 4 aromatic rings. The SMILES string of the molecule is COc1cc(C=c2sc3nc(C4COc5ccccc5O4)nn3c2=O)cc(Br)c1OC(C)=O. The van der Waals surface area contributed by atoms with Gasteiger partial charge in [0.25, 0.3) is 5.56 Å². The highest BCUT2D eigenvalue weighted by molar-refractivity contribution is 9.10. The van der Waals surface area contributed by atoms with Gasteiger partial charge in [-0.25, -0.2) is 0 Å². The Balaban J connectivity index is 1.48. The first-order valence-corrected chi connectivity index (χ1v) is 11.4. The molecule has 0 bridgehead atoms. The maximum atomic E-state index is 12.9. The minimum absolute atomic E-state index is 0.254. The molecule has 5 rings (SSSR count). The summed E-state index contributed by atoms with van der Waals surface area (Å²) < 4.78 is 24.4. The zero-order valence-corrected chi connectivity index (χ0v) is 19.8. The fraction of sp³-hybridized carbons (Fsp3) is 0.182. The zero-order valence-electron chi connectivity index (χ0n) is 17.4. The van der Waals surface area contributed by atoms with Crippen molar-refractivity contribution in [2.45, 2.75) is 13.0 Å². The van der Waals surface area contributed by atoms with Crippen molar-refractivity contribution in [1.29, 1.82) is 0 Å². The molecule has 168 valence electrons. The second kappa shape index (κ2) is 8.49. The molecule has 2 aromatic carbocycles. The van der Waals surface area contributed by atoms with Gasteiger partial charge in [-0.2, -0.15) is 9.50 Å². The number of para-hydroxylation sites is 2. The Morgan fingerprint density at radius 2 is 2.09 bits per heavy atom. The fourth-order valence-corrected chi connectivity index (χ4v) is 4.80. The van der Waals surface area contributed by atoms with Crippen LogP contribution >= 0.6 is 27.3 Å². The Labute approximate surface area is 199 Å². The second-order valence-electron chi connectivity index (χ2n) is 7.07. The largest absolute Gasteiger partial charge is 0.493 e. The summed E-state index contributed by atoms with van der Waals surface area (Å²) in [6.07, 6.45) is 1.19. The van der Waals surface area contributed by atoms with Gasteiger partial charge in [-0.3, -0.25) is 9.59 Å². The van der Waals surface area contributed by atoms with Gasteiger partial charge in [-0.1, -0.05) is 23.5 Å². The van der Waals surface area contributed by atoms with Crippen LogP contribution in [0.15, 0.2) is 45.7 Å². The Morgan fingerprint density at radius 1 is 1.30 bits per heavy atom. The Morgan fingerprint density at radius 3 is 2.82 bits per heavy atom. The van der Waals surface area contributed by atoms with E-state index in [4.69, 9.17) is 18.9 Å². The lowest BCUT2D eigenvalue weighted by Crippen LogP contribution is -2.26. The third kappa shape index (κ3) is 4.05. The average Bonchev–Trinajstić information content (AvgIpc) is 3.34. The van der Waals surface area contributed by atoms with Crippen LogP contribution in [-0.4, -0.2) is 34.3 Å². The molecular formula is C22H16BrN3O6S. The molecule has 0 amide bonds. The fourth-order valence-electron chi connectivity index (χ4n) is 3.35. The van der Waals surface area contributed by atoms with Gasteiger partial charge in [0.1, 0.15) is 6.61 Å². The molecule has 1 atom stereocenters. The van der Waals surface area contributed by atoms with Crippen molar-refractivity contribution in [2.24, 2.45) is 0 Å². The zero-order chi connectivity index (χ0) is 23.1. The molecule has 0 saturated heterocycles. The van der Waals surface area contributed by atoms with Gasteiger partial charge in [-0.15, -0.1) is 5.10 Å². The number of carbonyl (C=O) groups excluding carboxylic acids is 1. The molecule has 0 N–H and O–H groups in total. The summed E-state index contributed by atoms with van der Waals surface area (Å²) in [4.78, 5) is 29.2. The standard InChI is InChI=1S/C22H16BrN3O6S/c1-11(27)31-19-13(23)7-12(8-16(19)29-2)9-18-21(28)26-22(33-18)24-20(25-26)17-10-30-14-5-3-4-6-15(14)32-17/h3-9,17H,10H2,1-2H3. The van der Waals surface area contributed by atoms with Gasteiger partial charge < -0.3 is 18.9 Å². The third-order valence-corrected chi connectivity index (χ3v) is 6.34. The predicted molar refractivity (Wildman–Crippen MR) is 123 cm³/mol. The van der Waals surface area contributed by atoms with E-state index in [0.29, 0.717) is 42.6 Å². The Kier molecular flexibility index (Phi) is 5.51. The summed E-state index contributed by atoms with van der Waals surface area (Å²) in [5, 5.41) is 4.36. The number of rotatable bonds is 4. The number of hydrogen-bond donors (Lipinski definition) is 0. The summed E-state index contributed by atoms with van der Waals surface area (Å²) in [6, 6.07) is 10.8. The van der Waals surface area contributed by atoms with Crippen LogP contribution in [-0.2, 0) is 4.79 Å². The first kappa shape index (κ1) is 21.4. The monoisotopic (exact) mass is 529 g/mol. The summed E-state index contributed by atoms with van der Waals surface area (Å²) in [6.45, 7) is 1.56. The van der Waals surface area contributed by atoms with Gasteiger partial charge in [0.05, 0.1) is 16.1 Å². The molecular weight excluding hydrogens is 514 g/mol. The minimum atomic E-state index is -0.507. The normalized spacial score (nSPS) is 15.6. The molecule has 0 saturated carbocycles. The van der Waals surface area contributed by atoms with Crippen LogP contribution in [0.4, 0.5) is 0 Å². The molecule has 0 radical (unpaired) electrons. The molecule has 0 fully saturated rings. The van der Waals surface area contributed by atoms with Crippen LogP contribution in [0.2, 0.25) is 0 Å². The number of ether oxygens (including phenoxy) is 4. The van der Waals surface area contributed by atoms with E-state index < -0.39 is 12.1 Å². The van der Waals surface area contributed by atoms with Crippen molar-refractivity contribution in [1.82, 2.24) is 14.6 Å². The van der Waals surface area contributed by atoms with Crippen molar-refractivity contribution in [3.05, 3.63) is 67.1 Å². The van der Waals surface area contributed by atoms with E-state index in [1.54, 1.807) is 18.2 Å². The molecule has 1 aliphatic rings. The number of thiazole rings is 1. The Hall–Kier alpha value is -3.44. The summed E-state index contributed by atoms with van der Waals surface area (Å²) in [5.41, 5.74) is 0.377. The number of nitrogens with zero attached hydrogens (tertiary/aromatic N) is 3. The molecule has 0 spiro atoms. The van der Waals surface area contributed by atoms with E-state index in [9.17, 15) is 9.59 Å². The Bertz CT molecular complexity index is 1500. The molecule has 3 heterocycles. The average molecular weight is 530 g/mol. The van der Waals surface area contributed by atoms with E-state index in [0.717, 1.165) is 0 Å². The van der Waals surface area contributed by atoms with E-state index in [2.05, 4.69) is 26.0 Å². The van der Waals surface area contributed by atoms with Crippen molar-refractivity contribution >= 4 is 44.3 Å². The van der Waals surface area contributed by atoms with Crippen LogP contribution in [0.3, 0.4) is 0 Å². The maximum Gasteiger partial charge on any atom is 0.308 e. The summed E-state index contributed by atoms with van der Waals surface area (Å²) in [5.74, 6) is 1.82.